The molecule has 2 rings (SSSR count). The Hall–Kier alpha value is -2.09. The summed E-state index contributed by atoms with van der Waals surface area (Å²) in [7, 11) is -3.03. The third-order valence-electron chi connectivity index (χ3n) is 3.39. The van der Waals surface area contributed by atoms with E-state index in [2.05, 4.69) is 16.0 Å². The lowest BCUT2D eigenvalue weighted by molar-refractivity contribution is 0.0943. The standard InChI is InChI=1S/C15H21N3O4S/c1-10(2)16-14(19)11-3-5-12(6-4-11)17-15(20)18-13-7-8-23(21,22)9-13/h3-6,10,13H,7-9H2,1-2H3,(H,16,19)(H2,17,18,20)/t13-/m0/s1. The van der Waals surface area contributed by atoms with Gasteiger partial charge in [-0.1, -0.05) is 0 Å². The Kier molecular flexibility index (Phi) is 5.25. The van der Waals surface area contributed by atoms with Crippen LogP contribution >= 0.6 is 0 Å². The Morgan fingerprint density at radius 2 is 1.83 bits per heavy atom. The predicted octanol–water partition coefficient (Wildman–Crippen LogP) is 1.13. The van der Waals surface area contributed by atoms with Gasteiger partial charge in [0.05, 0.1) is 11.5 Å². The first-order chi connectivity index (χ1) is 10.7. The van der Waals surface area contributed by atoms with Crippen LogP contribution in [0.25, 0.3) is 0 Å². The fourth-order valence-electron chi connectivity index (χ4n) is 2.31. The molecule has 0 saturated carbocycles. The summed E-state index contributed by atoms with van der Waals surface area (Å²) >= 11 is 0. The van der Waals surface area contributed by atoms with E-state index in [1.807, 2.05) is 13.8 Å². The van der Waals surface area contributed by atoms with Gasteiger partial charge in [0.1, 0.15) is 0 Å². The fraction of sp³-hybridized carbons (Fsp3) is 0.467. The summed E-state index contributed by atoms with van der Waals surface area (Å²) in [5.74, 6) is -0.0843. The van der Waals surface area contributed by atoms with Crippen LogP contribution in [-0.2, 0) is 9.84 Å². The maximum Gasteiger partial charge on any atom is 0.319 e. The molecule has 7 nitrogen and oxygen atoms in total. The lowest BCUT2D eigenvalue weighted by Gasteiger charge is -2.12. The molecule has 0 aliphatic carbocycles. The van der Waals surface area contributed by atoms with Crippen molar-refractivity contribution in [2.45, 2.75) is 32.4 Å². The van der Waals surface area contributed by atoms with E-state index < -0.39 is 15.9 Å². The summed E-state index contributed by atoms with van der Waals surface area (Å²) in [6.07, 6.45) is 0.435. The van der Waals surface area contributed by atoms with E-state index in [-0.39, 0.29) is 29.5 Å². The molecule has 1 aliphatic heterocycles. The highest BCUT2D eigenvalue weighted by Gasteiger charge is 2.28. The van der Waals surface area contributed by atoms with Gasteiger partial charge in [-0.3, -0.25) is 4.79 Å². The van der Waals surface area contributed by atoms with Gasteiger partial charge in [0.25, 0.3) is 5.91 Å². The first-order valence-corrected chi connectivity index (χ1v) is 9.26. The Morgan fingerprint density at radius 3 is 2.35 bits per heavy atom. The lowest BCUT2D eigenvalue weighted by Crippen LogP contribution is -2.38. The van der Waals surface area contributed by atoms with Crippen molar-refractivity contribution in [3.63, 3.8) is 0 Å². The summed E-state index contributed by atoms with van der Waals surface area (Å²) in [4.78, 5) is 23.7. The minimum atomic E-state index is -3.03. The number of rotatable bonds is 4. The quantitative estimate of drug-likeness (QED) is 0.765. The Labute approximate surface area is 135 Å². The third kappa shape index (κ3) is 5.24. The van der Waals surface area contributed by atoms with E-state index >= 15 is 0 Å². The van der Waals surface area contributed by atoms with E-state index in [1.54, 1.807) is 24.3 Å². The van der Waals surface area contributed by atoms with Gasteiger partial charge in [-0.15, -0.1) is 0 Å². The van der Waals surface area contributed by atoms with Crippen LogP contribution in [-0.4, -0.2) is 43.9 Å². The average molecular weight is 339 g/mol. The molecule has 1 saturated heterocycles. The number of hydrogen-bond acceptors (Lipinski definition) is 4. The van der Waals surface area contributed by atoms with Crippen LogP contribution in [0.2, 0.25) is 0 Å². The zero-order chi connectivity index (χ0) is 17.0. The zero-order valence-electron chi connectivity index (χ0n) is 13.1. The number of hydrogen-bond donors (Lipinski definition) is 3. The molecule has 0 unspecified atom stereocenters. The number of urea groups is 1. The normalized spacial score (nSPS) is 19.3. The van der Waals surface area contributed by atoms with Crippen molar-refractivity contribution in [1.29, 1.82) is 0 Å². The van der Waals surface area contributed by atoms with E-state index in [4.69, 9.17) is 0 Å². The van der Waals surface area contributed by atoms with Gasteiger partial charge in [0.2, 0.25) is 0 Å². The first kappa shape index (κ1) is 17.3. The Balaban J connectivity index is 1.88. The molecular weight excluding hydrogens is 318 g/mol. The summed E-state index contributed by atoms with van der Waals surface area (Å²) in [6, 6.07) is 5.73. The fourth-order valence-corrected chi connectivity index (χ4v) is 3.99. The Morgan fingerprint density at radius 1 is 1.17 bits per heavy atom. The monoisotopic (exact) mass is 339 g/mol. The van der Waals surface area contributed by atoms with Gasteiger partial charge in [-0.2, -0.15) is 0 Å². The number of benzene rings is 1. The van der Waals surface area contributed by atoms with Crippen LogP contribution in [0.15, 0.2) is 24.3 Å². The van der Waals surface area contributed by atoms with Crippen LogP contribution in [0, 0.1) is 0 Å². The molecule has 0 bridgehead atoms. The van der Waals surface area contributed by atoms with Crippen LogP contribution in [0.1, 0.15) is 30.6 Å². The molecule has 0 aromatic heterocycles. The van der Waals surface area contributed by atoms with Crippen molar-refractivity contribution in [1.82, 2.24) is 10.6 Å². The number of anilines is 1. The molecule has 1 aromatic carbocycles. The Bertz CT molecular complexity index is 683. The summed E-state index contributed by atoms with van der Waals surface area (Å²) in [5, 5.41) is 8.04. The van der Waals surface area contributed by atoms with Crippen molar-refractivity contribution in [3.8, 4) is 0 Å². The first-order valence-electron chi connectivity index (χ1n) is 7.44. The van der Waals surface area contributed by atoms with Crippen LogP contribution in [0.5, 0.6) is 0 Å². The second-order valence-electron chi connectivity index (χ2n) is 5.90. The molecule has 3 amide bonds. The highest BCUT2D eigenvalue weighted by atomic mass is 32.2. The SMILES string of the molecule is CC(C)NC(=O)c1ccc(NC(=O)N[C@H]2CCS(=O)(=O)C2)cc1. The smallest absolute Gasteiger partial charge is 0.319 e. The predicted molar refractivity (Wildman–Crippen MR) is 88.3 cm³/mol. The van der Waals surface area contributed by atoms with Gasteiger partial charge >= 0.3 is 6.03 Å². The van der Waals surface area contributed by atoms with E-state index in [0.717, 1.165) is 0 Å². The molecule has 1 aromatic rings. The molecule has 1 fully saturated rings. The van der Waals surface area contributed by atoms with Gasteiger partial charge in [0, 0.05) is 23.3 Å². The third-order valence-corrected chi connectivity index (χ3v) is 5.16. The van der Waals surface area contributed by atoms with Crippen LogP contribution in [0.3, 0.4) is 0 Å². The van der Waals surface area contributed by atoms with Crippen LogP contribution < -0.4 is 16.0 Å². The number of sulfone groups is 1. The number of carbonyl (C=O) groups is 2. The zero-order valence-corrected chi connectivity index (χ0v) is 13.9. The summed E-state index contributed by atoms with van der Waals surface area (Å²) < 4.78 is 22.7. The van der Waals surface area contributed by atoms with Gasteiger partial charge in [0.15, 0.2) is 9.84 Å². The van der Waals surface area contributed by atoms with Crippen molar-refractivity contribution >= 4 is 27.5 Å². The van der Waals surface area contributed by atoms with Crippen molar-refractivity contribution in [2.75, 3.05) is 16.8 Å². The van der Waals surface area contributed by atoms with Crippen LogP contribution in [0.4, 0.5) is 10.5 Å². The van der Waals surface area contributed by atoms with Crippen molar-refractivity contribution in [3.05, 3.63) is 29.8 Å². The van der Waals surface area contributed by atoms with E-state index in [0.29, 0.717) is 17.7 Å². The molecule has 0 spiro atoms. The van der Waals surface area contributed by atoms with E-state index in [1.165, 1.54) is 0 Å². The molecule has 8 heteroatoms. The minimum absolute atomic E-state index is 0.0191. The number of nitrogens with one attached hydrogen (secondary N) is 3. The number of carbonyl (C=O) groups excluding carboxylic acids is 2. The highest BCUT2D eigenvalue weighted by Crippen LogP contribution is 2.13. The molecule has 23 heavy (non-hydrogen) atoms. The second-order valence-corrected chi connectivity index (χ2v) is 8.13. The maximum absolute atomic E-state index is 11.8. The molecule has 0 radical (unpaired) electrons. The molecule has 126 valence electrons. The van der Waals surface area contributed by atoms with E-state index in [9.17, 15) is 18.0 Å². The van der Waals surface area contributed by atoms with Crippen molar-refractivity contribution < 1.29 is 18.0 Å². The lowest BCUT2D eigenvalue weighted by atomic mass is 10.2. The van der Waals surface area contributed by atoms with Gasteiger partial charge in [-0.05, 0) is 44.5 Å². The minimum Gasteiger partial charge on any atom is -0.350 e. The molecule has 1 heterocycles. The molecule has 3 N–H and O–H groups in total. The van der Waals surface area contributed by atoms with Gasteiger partial charge < -0.3 is 16.0 Å². The molecule has 1 aliphatic rings. The second kappa shape index (κ2) is 6.99. The highest BCUT2D eigenvalue weighted by molar-refractivity contribution is 7.91. The molecular formula is C15H21N3O4S. The topological polar surface area (TPSA) is 104 Å². The summed E-state index contributed by atoms with van der Waals surface area (Å²) in [6.45, 7) is 3.75. The average Bonchev–Trinajstić information content (AvgIpc) is 2.77. The molecule has 1 atom stereocenters. The number of amides is 3. The maximum atomic E-state index is 11.8. The van der Waals surface area contributed by atoms with Gasteiger partial charge in [-0.25, -0.2) is 13.2 Å². The summed E-state index contributed by atoms with van der Waals surface area (Å²) in [5.41, 5.74) is 1.04. The van der Waals surface area contributed by atoms with Crippen molar-refractivity contribution in [2.24, 2.45) is 0 Å². The largest absolute Gasteiger partial charge is 0.350 e.